The first-order valence-electron chi connectivity index (χ1n) is 4.62. The van der Waals surface area contributed by atoms with E-state index < -0.39 is 5.60 Å². The van der Waals surface area contributed by atoms with E-state index in [1.807, 2.05) is 17.9 Å². The van der Waals surface area contributed by atoms with Crippen LogP contribution >= 0.6 is 22.9 Å². The molecule has 2 rings (SSSR count). The molecule has 1 aromatic heterocycles. The molecular formula is C9H10ClN3OS. The first kappa shape index (κ1) is 10.7. The highest BCUT2D eigenvalue weighted by Gasteiger charge is 2.41. The minimum Gasteiger partial charge on any atom is -0.386 e. The van der Waals surface area contributed by atoms with E-state index >= 15 is 0 Å². The summed E-state index contributed by atoms with van der Waals surface area (Å²) < 4.78 is 0. The van der Waals surface area contributed by atoms with Gasteiger partial charge in [0.25, 0.3) is 0 Å². The number of thiazole rings is 1. The second-order valence-electron chi connectivity index (χ2n) is 3.66. The summed E-state index contributed by atoms with van der Waals surface area (Å²) in [5.74, 6) is 0. The van der Waals surface area contributed by atoms with Crippen molar-refractivity contribution in [3.63, 3.8) is 0 Å². The maximum atomic E-state index is 9.82. The number of anilines is 1. The second kappa shape index (κ2) is 3.63. The highest BCUT2D eigenvalue weighted by Crippen LogP contribution is 2.35. The Labute approximate surface area is 96.7 Å². The molecule has 1 aliphatic heterocycles. The SMILES string of the molecule is CCC1(O)CN(c2nc(Cl)c(C#N)s2)C1. The molecule has 0 atom stereocenters. The van der Waals surface area contributed by atoms with Crippen LogP contribution in [0.1, 0.15) is 18.2 Å². The quantitative estimate of drug-likeness (QED) is 0.858. The molecule has 2 heterocycles. The number of aliphatic hydroxyl groups is 1. The van der Waals surface area contributed by atoms with Crippen molar-refractivity contribution in [3.05, 3.63) is 10.0 Å². The van der Waals surface area contributed by atoms with E-state index in [1.54, 1.807) is 0 Å². The van der Waals surface area contributed by atoms with E-state index in [0.717, 1.165) is 11.6 Å². The Balaban J connectivity index is 2.11. The maximum Gasteiger partial charge on any atom is 0.188 e. The zero-order valence-electron chi connectivity index (χ0n) is 8.20. The lowest BCUT2D eigenvalue weighted by molar-refractivity contribution is 0.00851. The average molecular weight is 244 g/mol. The predicted octanol–water partition coefficient (Wildman–Crippen LogP) is 1.63. The molecule has 0 spiro atoms. The monoisotopic (exact) mass is 243 g/mol. The average Bonchev–Trinajstić information content (AvgIpc) is 2.54. The number of aromatic nitrogens is 1. The highest BCUT2D eigenvalue weighted by molar-refractivity contribution is 7.16. The van der Waals surface area contributed by atoms with Gasteiger partial charge in [0.05, 0.1) is 18.7 Å². The van der Waals surface area contributed by atoms with E-state index in [0.29, 0.717) is 18.0 Å². The summed E-state index contributed by atoms with van der Waals surface area (Å²) in [6.07, 6.45) is 0.730. The molecule has 15 heavy (non-hydrogen) atoms. The van der Waals surface area contributed by atoms with Gasteiger partial charge in [-0.25, -0.2) is 4.98 Å². The van der Waals surface area contributed by atoms with Crippen LogP contribution in [-0.2, 0) is 0 Å². The van der Waals surface area contributed by atoms with Crippen LogP contribution in [0.2, 0.25) is 5.15 Å². The molecule has 4 nitrogen and oxygen atoms in total. The Morgan fingerprint density at radius 1 is 1.73 bits per heavy atom. The number of rotatable bonds is 2. The van der Waals surface area contributed by atoms with E-state index in [1.165, 1.54) is 11.3 Å². The summed E-state index contributed by atoms with van der Waals surface area (Å²) in [4.78, 5) is 6.44. The van der Waals surface area contributed by atoms with Gasteiger partial charge in [-0.3, -0.25) is 0 Å². The number of nitrogens with zero attached hydrogens (tertiary/aromatic N) is 3. The molecule has 1 N–H and O–H groups in total. The molecule has 6 heteroatoms. The Kier molecular flexibility index (Phi) is 2.59. The van der Waals surface area contributed by atoms with Crippen LogP contribution in [-0.4, -0.2) is 28.8 Å². The first-order valence-corrected chi connectivity index (χ1v) is 5.81. The molecule has 1 aliphatic rings. The van der Waals surface area contributed by atoms with Crippen LogP contribution in [0.3, 0.4) is 0 Å². The van der Waals surface area contributed by atoms with E-state index in [9.17, 15) is 5.11 Å². The summed E-state index contributed by atoms with van der Waals surface area (Å²) in [7, 11) is 0. The van der Waals surface area contributed by atoms with Crippen molar-refractivity contribution in [2.24, 2.45) is 0 Å². The minimum absolute atomic E-state index is 0.254. The molecule has 0 bridgehead atoms. The van der Waals surface area contributed by atoms with Gasteiger partial charge in [-0.1, -0.05) is 29.9 Å². The Morgan fingerprint density at radius 3 is 2.87 bits per heavy atom. The lowest BCUT2D eigenvalue weighted by atomic mass is 9.92. The molecule has 0 radical (unpaired) electrons. The number of β-amino-alcohol motifs (C(OH)–C–C–N with tert-alkyl or cyclic N) is 1. The van der Waals surface area contributed by atoms with Crippen molar-refractivity contribution in [1.82, 2.24) is 4.98 Å². The minimum atomic E-state index is -0.592. The smallest absolute Gasteiger partial charge is 0.188 e. The van der Waals surface area contributed by atoms with Gasteiger partial charge in [0.1, 0.15) is 10.9 Å². The van der Waals surface area contributed by atoms with E-state index in [2.05, 4.69) is 4.98 Å². The topological polar surface area (TPSA) is 60.1 Å². The van der Waals surface area contributed by atoms with Crippen LogP contribution < -0.4 is 4.90 Å². The van der Waals surface area contributed by atoms with Crippen LogP contribution in [0, 0.1) is 11.3 Å². The van der Waals surface area contributed by atoms with Crippen molar-refractivity contribution in [2.75, 3.05) is 18.0 Å². The molecule has 80 valence electrons. The molecule has 0 amide bonds. The normalized spacial score (nSPS) is 18.4. The molecule has 0 aromatic carbocycles. The fourth-order valence-corrected chi connectivity index (χ4v) is 2.56. The van der Waals surface area contributed by atoms with Crippen LogP contribution in [0.5, 0.6) is 0 Å². The number of hydrogen-bond acceptors (Lipinski definition) is 5. The fourth-order valence-electron chi connectivity index (χ4n) is 1.52. The van der Waals surface area contributed by atoms with Gasteiger partial charge < -0.3 is 10.0 Å². The second-order valence-corrected chi connectivity index (χ2v) is 5.00. The van der Waals surface area contributed by atoms with Crippen LogP contribution in [0.4, 0.5) is 5.13 Å². The van der Waals surface area contributed by atoms with Gasteiger partial charge in [0.15, 0.2) is 10.3 Å². The molecule has 0 saturated carbocycles. The van der Waals surface area contributed by atoms with Crippen molar-refractivity contribution < 1.29 is 5.11 Å². The third-order valence-electron chi connectivity index (χ3n) is 2.58. The zero-order chi connectivity index (χ0) is 11.1. The van der Waals surface area contributed by atoms with Gasteiger partial charge in [-0.05, 0) is 6.42 Å². The summed E-state index contributed by atoms with van der Waals surface area (Å²) >= 11 is 7.03. The summed E-state index contributed by atoms with van der Waals surface area (Å²) in [5, 5.41) is 19.5. The zero-order valence-corrected chi connectivity index (χ0v) is 9.77. The molecule has 1 aromatic rings. The summed E-state index contributed by atoms with van der Waals surface area (Å²) in [5.41, 5.74) is -0.592. The Hall–Kier alpha value is -0.830. The molecule has 0 unspecified atom stereocenters. The third-order valence-corrected chi connectivity index (χ3v) is 3.98. The molecule has 1 fully saturated rings. The number of halogens is 1. The first-order chi connectivity index (χ1) is 7.08. The van der Waals surface area contributed by atoms with E-state index in [4.69, 9.17) is 16.9 Å². The fraction of sp³-hybridized carbons (Fsp3) is 0.556. The Bertz CT molecular complexity index is 419. The molecule has 0 aliphatic carbocycles. The maximum absolute atomic E-state index is 9.82. The van der Waals surface area contributed by atoms with Gasteiger partial charge in [-0.2, -0.15) is 5.26 Å². The summed E-state index contributed by atoms with van der Waals surface area (Å²) in [6.45, 7) is 3.09. The lowest BCUT2D eigenvalue weighted by Crippen LogP contribution is -2.61. The van der Waals surface area contributed by atoms with E-state index in [-0.39, 0.29) is 5.15 Å². The van der Waals surface area contributed by atoms with Crippen molar-refractivity contribution >= 4 is 28.1 Å². The van der Waals surface area contributed by atoms with Crippen LogP contribution in [0.25, 0.3) is 0 Å². The van der Waals surface area contributed by atoms with Crippen molar-refractivity contribution in [1.29, 1.82) is 5.26 Å². The van der Waals surface area contributed by atoms with Crippen molar-refractivity contribution in [2.45, 2.75) is 18.9 Å². The third kappa shape index (κ3) is 1.81. The van der Waals surface area contributed by atoms with Gasteiger partial charge in [-0.15, -0.1) is 0 Å². The lowest BCUT2D eigenvalue weighted by Gasteiger charge is -2.45. The standard InChI is InChI=1S/C9H10ClN3OS/c1-2-9(14)4-13(5-9)8-12-7(10)6(3-11)15-8/h14H,2,4-5H2,1H3. The van der Waals surface area contributed by atoms with Gasteiger partial charge >= 0.3 is 0 Å². The van der Waals surface area contributed by atoms with Crippen molar-refractivity contribution in [3.8, 4) is 6.07 Å². The van der Waals surface area contributed by atoms with Gasteiger partial charge in [0, 0.05) is 0 Å². The van der Waals surface area contributed by atoms with Gasteiger partial charge in [0.2, 0.25) is 0 Å². The Morgan fingerprint density at radius 2 is 2.40 bits per heavy atom. The number of nitriles is 1. The van der Waals surface area contributed by atoms with Crippen LogP contribution in [0.15, 0.2) is 0 Å². The molecular weight excluding hydrogens is 234 g/mol. The summed E-state index contributed by atoms with van der Waals surface area (Å²) in [6, 6.07) is 1.99. The predicted molar refractivity (Wildman–Crippen MR) is 59.3 cm³/mol. The highest BCUT2D eigenvalue weighted by atomic mass is 35.5. The number of hydrogen-bond donors (Lipinski definition) is 1. The largest absolute Gasteiger partial charge is 0.386 e. The molecule has 1 saturated heterocycles.